The molecule has 0 saturated heterocycles. The second-order valence-corrected chi connectivity index (χ2v) is 4.46. The van der Waals surface area contributed by atoms with E-state index in [9.17, 15) is 4.79 Å². The number of nitrogens with one attached hydrogen (secondary N) is 1. The SMILES string of the molecule is Cc1ccc(N)cc1C(=O)NCc1cscn1. The molecule has 4 nitrogen and oxygen atoms in total. The molecule has 0 spiro atoms. The van der Waals surface area contributed by atoms with Crippen LogP contribution >= 0.6 is 11.3 Å². The zero-order valence-electron chi connectivity index (χ0n) is 9.43. The average molecular weight is 247 g/mol. The highest BCUT2D eigenvalue weighted by atomic mass is 32.1. The Bertz CT molecular complexity index is 523. The van der Waals surface area contributed by atoms with Gasteiger partial charge in [0.1, 0.15) is 0 Å². The number of nitrogens with two attached hydrogens (primary N) is 1. The number of hydrogen-bond acceptors (Lipinski definition) is 4. The Morgan fingerprint density at radius 1 is 1.53 bits per heavy atom. The smallest absolute Gasteiger partial charge is 0.251 e. The van der Waals surface area contributed by atoms with Gasteiger partial charge in [0.05, 0.1) is 17.7 Å². The molecule has 0 aliphatic rings. The van der Waals surface area contributed by atoms with E-state index in [2.05, 4.69) is 10.3 Å². The van der Waals surface area contributed by atoms with Crippen molar-refractivity contribution in [3.8, 4) is 0 Å². The number of aromatic nitrogens is 1. The molecule has 2 rings (SSSR count). The molecule has 0 bridgehead atoms. The Labute approximate surface area is 103 Å². The number of amides is 1. The molecule has 1 amide bonds. The number of aryl methyl sites for hydroxylation is 1. The highest BCUT2D eigenvalue weighted by Gasteiger charge is 2.09. The number of thiazole rings is 1. The van der Waals surface area contributed by atoms with Crippen molar-refractivity contribution < 1.29 is 4.79 Å². The quantitative estimate of drug-likeness (QED) is 0.815. The molecule has 0 atom stereocenters. The number of carbonyl (C=O) groups is 1. The van der Waals surface area contributed by atoms with Crippen molar-refractivity contribution in [2.75, 3.05) is 5.73 Å². The second kappa shape index (κ2) is 4.97. The molecule has 0 fully saturated rings. The van der Waals surface area contributed by atoms with Crippen molar-refractivity contribution in [1.29, 1.82) is 0 Å². The lowest BCUT2D eigenvalue weighted by Gasteiger charge is -2.07. The fraction of sp³-hybridized carbons (Fsp3) is 0.167. The topological polar surface area (TPSA) is 68.0 Å². The third kappa shape index (κ3) is 2.82. The van der Waals surface area contributed by atoms with Gasteiger partial charge in [-0.05, 0) is 24.6 Å². The predicted molar refractivity (Wildman–Crippen MR) is 68.9 cm³/mol. The molecule has 3 N–H and O–H groups in total. The van der Waals surface area contributed by atoms with Crippen LogP contribution in [0.2, 0.25) is 0 Å². The van der Waals surface area contributed by atoms with Gasteiger partial charge in [-0.3, -0.25) is 4.79 Å². The molecule has 1 aromatic carbocycles. The highest BCUT2D eigenvalue weighted by Crippen LogP contribution is 2.12. The summed E-state index contributed by atoms with van der Waals surface area (Å²) in [6.45, 7) is 2.33. The molecule has 88 valence electrons. The van der Waals surface area contributed by atoms with Gasteiger partial charge in [0.15, 0.2) is 0 Å². The maximum Gasteiger partial charge on any atom is 0.251 e. The van der Waals surface area contributed by atoms with E-state index in [0.29, 0.717) is 17.8 Å². The first-order valence-electron chi connectivity index (χ1n) is 5.18. The number of rotatable bonds is 3. The van der Waals surface area contributed by atoms with Crippen molar-refractivity contribution in [3.63, 3.8) is 0 Å². The maximum absolute atomic E-state index is 11.9. The summed E-state index contributed by atoms with van der Waals surface area (Å²) in [4.78, 5) is 16.0. The molecule has 1 heterocycles. The van der Waals surface area contributed by atoms with Crippen LogP contribution in [0.3, 0.4) is 0 Å². The van der Waals surface area contributed by atoms with Crippen molar-refractivity contribution in [2.24, 2.45) is 0 Å². The minimum absolute atomic E-state index is 0.122. The fourth-order valence-corrected chi connectivity index (χ4v) is 2.03. The Balaban J connectivity index is 2.07. The fourth-order valence-electron chi connectivity index (χ4n) is 1.48. The van der Waals surface area contributed by atoms with Crippen molar-refractivity contribution in [2.45, 2.75) is 13.5 Å². The number of benzene rings is 1. The lowest BCUT2D eigenvalue weighted by atomic mass is 10.1. The van der Waals surface area contributed by atoms with E-state index < -0.39 is 0 Å². The van der Waals surface area contributed by atoms with Crippen LogP contribution in [-0.2, 0) is 6.54 Å². The zero-order chi connectivity index (χ0) is 12.3. The third-order valence-corrected chi connectivity index (χ3v) is 3.06. The van der Waals surface area contributed by atoms with Crippen LogP contribution in [0.4, 0.5) is 5.69 Å². The molecule has 1 aromatic heterocycles. The minimum atomic E-state index is -0.122. The van der Waals surface area contributed by atoms with Gasteiger partial charge >= 0.3 is 0 Å². The largest absolute Gasteiger partial charge is 0.399 e. The van der Waals surface area contributed by atoms with Gasteiger partial charge in [-0.2, -0.15) is 0 Å². The second-order valence-electron chi connectivity index (χ2n) is 3.74. The van der Waals surface area contributed by atoms with Crippen LogP contribution in [0.5, 0.6) is 0 Å². The van der Waals surface area contributed by atoms with Crippen LogP contribution in [0, 0.1) is 6.92 Å². The molecule has 0 radical (unpaired) electrons. The summed E-state index contributed by atoms with van der Waals surface area (Å²) in [6, 6.07) is 5.31. The van der Waals surface area contributed by atoms with Crippen LogP contribution < -0.4 is 11.1 Å². The first-order chi connectivity index (χ1) is 8.16. The Hall–Kier alpha value is -1.88. The number of anilines is 1. The normalized spacial score (nSPS) is 10.2. The van der Waals surface area contributed by atoms with E-state index in [0.717, 1.165) is 11.3 Å². The third-order valence-electron chi connectivity index (χ3n) is 2.42. The van der Waals surface area contributed by atoms with E-state index in [1.54, 1.807) is 17.6 Å². The van der Waals surface area contributed by atoms with E-state index in [1.165, 1.54) is 11.3 Å². The monoisotopic (exact) mass is 247 g/mol. The summed E-state index contributed by atoms with van der Waals surface area (Å²) < 4.78 is 0. The van der Waals surface area contributed by atoms with Crippen molar-refractivity contribution in [1.82, 2.24) is 10.3 Å². The average Bonchev–Trinajstić information content (AvgIpc) is 2.82. The number of nitrogens with zero attached hydrogens (tertiary/aromatic N) is 1. The Morgan fingerprint density at radius 3 is 3.06 bits per heavy atom. The first-order valence-corrected chi connectivity index (χ1v) is 6.12. The molecule has 0 aliphatic carbocycles. The summed E-state index contributed by atoms with van der Waals surface area (Å²) in [7, 11) is 0. The summed E-state index contributed by atoms with van der Waals surface area (Å²) in [5, 5.41) is 4.73. The maximum atomic E-state index is 11.9. The van der Waals surface area contributed by atoms with E-state index in [1.807, 2.05) is 18.4 Å². The number of nitrogen functional groups attached to an aromatic ring is 1. The predicted octanol–water partition coefficient (Wildman–Crippen LogP) is 1.96. The minimum Gasteiger partial charge on any atom is -0.399 e. The molecule has 2 aromatic rings. The zero-order valence-corrected chi connectivity index (χ0v) is 10.3. The van der Waals surface area contributed by atoms with Gasteiger partial charge in [-0.25, -0.2) is 4.98 Å². The van der Waals surface area contributed by atoms with E-state index in [4.69, 9.17) is 5.73 Å². The van der Waals surface area contributed by atoms with Gasteiger partial charge in [0, 0.05) is 16.6 Å². The van der Waals surface area contributed by atoms with Gasteiger partial charge in [0.2, 0.25) is 0 Å². The molecule has 0 aliphatic heterocycles. The van der Waals surface area contributed by atoms with Crippen LogP contribution in [0.15, 0.2) is 29.1 Å². The van der Waals surface area contributed by atoms with Gasteiger partial charge in [-0.1, -0.05) is 6.07 Å². The first kappa shape index (κ1) is 11.6. The van der Waals surface area contributed by atoms with E-state index in [-0.39, 0.29) is 5.91 Å². The number of hydrogen-bond donors (Lipinski definition) is 2. The van der Waals surface area contributed by atoms with Gasteiger partial charge < -0.3 is 11.1 Å². The van der Waals surface area contributed by atoms with Crippen LogP contribution in [0.1, 0.15) is 21.6 Å². The summed E-state index contributed by atoms with van der Waals surface area (Å²) in [5.41, 5.74) is 10.4. The molecular formula is C12H13N3OS. The van der Waals surface area contributed by atoms with Crippen molar-refractivity contribution in [3.05, 3.63) is 45.9 Å². The van der Waals surface area contributed by atoms with Gasteiger partial charge in [0.25, 0.3) is 5.91 Å². The van der Waals surface area contributed by atoms with Gasteiger partial charge in [-0.15, -0.1) is 11.3 Å². The molecule has 17 heavy (non-hydrogen) atoms. The standard InChI is InChI=1S/C12H13N3OS/c1-8-2-3-9(13)4-11(8)12(16)14-5-10-6-17-7-15-10/h2-4,6-7H,5,13H2,1H3,(H,14,16). The summed E-state index contributed by atoms with van der Waals surface area (Å²) in [5.74, 6) is -0.122. The lowest BCUT2D eigenvalue weighted by molar-refractivity contribution is 0.0950. The number of carbonyl (C=O) groups excluding carboxylic acids is 1. The van der Waals surface area contributed by atoms with Crippen LogP contribution in [-0.4, -0.2) is 10.9 Å². The molecule has 5 heteroatoms. The molecular weight excluding hydrogens is 234 g/mol. The Kier molecular flexibility index (Phi) is 3.39. The lowest BCUT2D eigenvalue weighted by Crippen LogP contribution is -2.23. The summed E-state index contributed by atoms with van der Waals surface area (Å²) in [6.07, 6.45) is 0. The molecule has 0 unspecified atom stereocenters. The molecule has 0 saturated carbocycles. The van der Waals surface area contributed by atoms with E-state index >= 15 is 0 Å². The summed E-state index contributed by atoms with van der Waals surface area (Å²) >= 11 is 1.51. The van der Waals surface area contributed by atoms with Crippen molar-refractivity contribution >= 4 is 22.9 Å². The Morgan fingerprint density at radius 2 is 2.35 bits per heavy atom. The highest BCUT2D eigenvalue weighted by molar-refractivity contribution is 7.07. The van der Waals surface area contributed by atoms with Crippen LogP contribution in [0.25, 0.3) is 0 Å².